The van der Waals surface area contributed by atoms with Crippen molar-refractivity contribution in [3.63, 3.8) is 0 Å². The number of ether oxygens (including phenoxy) is 3. The van der Waals surface area contributed by atoms with Gasteiger partial charge in [0.15, 0.2) is 11.2 Å². The van der Waals surface area contributed by atoms with Gasteiger partial charge in [-0.1, -0.05) is 31.2 Å². The number of rotatable bonds is 6. The second kappa shape index (κ2) is 8.68. The van der Waals surface area contributed by atoms with Crippen LogP contribution in [0.4, 0.5) is 5.13 Å². The summed E-state index contributed by atoms with van der Waals surface area (Å²) in [6, 6.07) is 8.12. The standard InChI is InChI=1S/C19H20N2O5S/c1-3-13-4-6-14(7-5-13)15-11-27-19(20-15)21-17(22)12(2)26-18(23)16-10-24-8-9-25-16/h4-7,10-12H,3,8-9H2,1-2H3,(H,20,21,22)/t12-/m1/s1. The Morgan fingerprint density at radius 3 is 2.74 bits per heavy atom. The number of hydrogen-bond donors (Lipinski definition) is 1. The Kier molecular flexibility index (Phi) is 6.08. The van der Waals surface area contributed by atoms with Gasteiger partial charge in [0, 0.05) is 10.9 Å². The molecule has 3 rings (SSSR count). The van der Waals surface area contributed by atoms with Gasteiger partial charge in [0.25, 0.3) is 5.91 Å². The summed E-state index contributed by atoms with van der Waals surface area (Å²) >= 11 is 1.31. The van der Waals surface area contributed by atoms with Gasteiger partial charge < -0.3 is 14.2 Å². The molecule has 1 N–H and O–H groups in total. The Morgan fingerprint density at radius 1 is 1.30 bits per heavy atom. The fourth-order valence-corrected chi connectivity index (χ4v) is 3.05. The topological polar surface area (TPSA) is 86.8 Å². The zero-order chi connectivity index (χ0) is 19.2. The summed E-state index contributed by atoms with van der Waals surface area (Å²) in [7, 11) is 0. The Hall–Kier alpha value is -2.87. The first-order chi connectivity index (χ1) is 13.1. The first-order valence-electron chi connectivity index (χ1n) is 8.58. The van der Waals surface area contributed by atoms with Crippen LogP contribution in [0.3, 0.4) is 0 Å². The van der Waals surface area contributed by atoms with Gasteiger partial charge in [-0.05, 0) is 18.9 Å². The van der Waals surface area contributed by atoms with Gasteiger partial charge in [-0.25, -0.2) is 9.78 Å². The van der Waals surface area contributed by atoms with Crippen molar-refractivity contribution in [1.29, 1.82) is 0 Å². The number of aryl methyl sites for hydroxylation is 1. The summed E-state index contributed by atoms with van der Waals surface area (Å²) in [4.78, 5) is 28.6. The largest absolute Gasteiger partial charge is 0.493 e. The molecule has 8 heteroatoms. The molecule has 0 fully saturated rings. The van der Waals surface area contributed by atoms with E-state index in [2.05, 4.69) is 29.4 Å². The Labute approximate surface area is 161 Å². The molecular weight excluding hydrogens is 368 g/mol. The van der Waals surface area contributed by atoms with Crippen molar-refractivity contribution >= 4 is 28.3 Å². The number of amides is 1. The summed E-state index contributed by atoms with van der Waals surface area (Å²) in [5.74, 6) is -1.26. The number of nitrogens with one attached hydrogen (secondary N) is 1. The second-order valence-corrected chi connectivity index (χ2v) is 6.68. The first-order valence-corrected chi connectivity index (χ1v) is 9.46. The number of hydrogen-bond acceptors (Lipinski definition) is 7. The summed E-state index contributed by atoms with van der Waals surface area (Å²) in [5, 5.41) is 4.97. The van der Waals surface area contributed by atoms with E-state index in [-0.39, 0.29) is 12.4 Å². The third-order valence-electron chi connectivity index (χ3n) is 3.90. The number of esters is 1. The van der Waals surface area contributed by atoms with Crippen LogP contribution in [0.2, 0.25) is 0 Å². The van der Waals surface area contributed by atoms with Crippen molar-refractivity contribution in [2.75, 3.05) is 18.5 Å². The summed E-state index contributed by atoms with van der Waals surface area (Å²) < 4.78 is 15.2. The monoisotopic (exact) mass is 388 g/mol. The van der Waals surface area contributed by atoms with Crippen LogP contribution in [-0.2, 0) is 30.2 Å². The average Bonchev–Trinajstić information content (AvgIpc) is 3.17. The Balaban J connectivity index is 1.58. The van der Waals surface area contributed by atoms with E-state index in [1.165, 1.54) is 30.1 Å². The summed E-state index contributed by atoms with van der Waals surface area (Å²) in [6.07, 6.45) is 1.16. The Morgan fingerprint density at radius 2 is 2.07 bits per heavy atom. The number of carbonyl (C=O) groups is 2. The maximum Gasteiger partial charge on any atom is 0.377 e. The molecule has 0 radical (unpaired) electrons. The number of nitrogens with zero attached hydrogens (tertiary/aromatic N) is 1. The SMILES string of the molecule is CCc1ccc(-c2csc(NC(=O)[C@@H](C)OC(=O)C3=COCCO3)n2)cc1. The van der Waals surface area contributed by atoms with E-state index >= 15 is 0 Å². The van der Waals surface area contributed by atoms with Crippen molar-refractivity contribution in [2.24, 2.45) is 0 Å². The fraction of sp³-hybridized carbons (Fsp3) is 0.316. The molecular formula is C19H20N2O5S. The second-order valence-electron chi connectivity index (χ2n) is 5.83. The van der Waals surface area contributed by atoms with E-state index in [0.717, 1.165) is 17.7 Å². The molecule has 0 bridgehead atoms. The van der Waals surface area contributed by atoms with Crippen LogP contribution in [0.1, 0.15) is 19.4 Å². The smallest absolute Gasteiger partial charge is 0.377 e. The van der Waals surface area contributed by atoms with Crippen LogP contribution < -0.4 is 5.32 Å². The van der Waals surface area contributed by atoms with Crippen molar-refractivity contribution in [3.8, 4) is 11.3 Å². The van der Waals surface area contributed by atoms with Crippen molar-refractivity contribution in [1.82, 2.24) is 4.98 Å². The molecule has 0 saturated heterocycles. The number of aromatic nitrogens is 1. The van der Waals surface area contributed by atoms with Gasteiger partial charge in [-0.15, -0.1) is 11.3 Å². The molecule has 27 heavy (non-hydrogen) atoms. The fourth-order valence-electron chi connectivity index (χ4n) is 2.33. The van der Waals surface area contributed by atoms with Gasteiger partial charge >= 0.3 is 5.97 Å². The van der Waals surface area contributed by atoms with Gasteiger partial charge in [-0.3, -0.25) is 10.1 Å². The summed E-state index contributed by atoms with van der Waals surface area (Å²) in [6.45, 7) is 4.22. The van der Waals surface area contributed by atoms with Crippen LogP contribution in [0, 0.1) is 0 Å². The van der Waals surface area contributed by atoms with Crippen LogP contribution in [-0.4, -0.2) is 36.2 Å². The predicted molar refractivity (Wildman–Crippen MR) is 101 cm³/mol. The zero-order valence-electron chi connectivity index (χ0n) is 15.1. The predicted octanol–water partition coefficient (Wildman–Crippen LogP) is 3.13. The molecule has 2 aromatic rings. The maximum atomic E-state index is 12.2. The van der Waals surface area contributed by atoms with Gasteiger partial charge in [0.05, 0.1) is 5.69 Å². The molecule has 1 aromatic carbocycles. The molecule has 1 atom stereocenters. The lowest BCUT2D eigenvalue weighted by atomic mass is 10.1. The van der Waals surface area contributed by atoms with E-state index in [1.807, 2.05) is 17.5 Å². The third-order valence-corrected chi connectivity index (χ3v) is 4.65. The van der Waals surface area contributed by atoms with Crippen LogP contribution >= 0.6 is 11.3 Å². The van der Waals surface area contributed by atoms with Crippen LogP contribution in [0.5, 0.6) is 0 Å². The summed E-state index contributed by atoms with van der Waals surface area (Å²) in [5.41, 5.74) is 3.01. The van der Waals surface area contributed by atoms with Gasteiger partial charge in [0.2, 0.25) is 5.76 Å². The lowest BCUT2D eigenvalue weighted by Crippen LogP contribution is -2.31. The van der Waals surface area contributed by atoms with Crippen molar-refractivity contribution in [3.05, 3.63) is 47.2 Å². The molecule has 2 heterocycles. The maximum absolute atomic E-state index is 12.2. The molecule has 0 saturated carbocycles. The number of carbonyl (C=O) groups excluding carboxylic acids is 2. The van der Waals surface area contributed by atoms with Crippen molar-refractivity contribution < 1.29 is 23.8 Å². The highest BCUT2D eigenvalue weighted by Crippen LogP contribution is 2.25. The van der Waals surface area contributed by atoms with E-state index < -0.39 is 18.0 Å². The molecule has 1 amide bonds. The highest BCUT2D eigenvalue weighted by Gasteiger charge is 2.24. The number of anilines is 1. The number of benzene rings is 1. The van der Waals surface area contributed by atoms with E-state index in [4.69, 9.17) is 14.2 Å². The molecule has 0 unspecified atom stereocenters. The first kappa shape index (κ1) is 18.9. The third kappa shape index (κ3) is 4.85. The number of thiazole rings is 1. The molecule has 1 aliphatic heterocycles. The highest BCUT2D eigenvalue weighted by molar-refractivity contribution is 7.14. The average molecular weight is 388 g/mol. The quantitative estimate of drug-likeness (QED) is 0.765. The zero-order valence-corrected chi connectivity index (χ0v) is 15.9. The van der Waals surface area contributed by atoms with E-state index in [1.54, 1.807) is 0 Å². The molecule has 0 aliphatic carbocycles. The minimum atomic E-state index is -1.000. The molecule has 0 spiro atoms. The molecule has 1 aliphatic rings. The van der Waals surface area contributed by atoms with E-state index in [9.17, 15) is 9.59 Å². The minimum Gasteiger partial charge on any atom is -0.493 e. The molecule has 1 aromatic heterocycles. The van der Waals surface area contributed by atoms with Gasteiger partial charge in [0.1, 0.15) is 19.5 Å². The normalized spacial score (nSPS) is 14.4. The van der Waals surface area contributed by atoms with Crippen LogP contribution in [0.15, 0.2) is 41.7 Å². The lowest BCUT2D eigenvalue weighted by molar-refractivity contribution is -0.153. The lowest BCUT2D eigenvalue weighted by Gasteiger charge is -2.17. The van der Waals surface area contributed by atoms with Crippen molar-refractivity contribution in [2.45, 2.75) is 26.4 Å². The van der Waals surface area contributed by atoms with Gasteiger partial charge in [-0.2, -0.15) is 0 Å². The minimum absolute atomic E-state index is 0.0482. The van der Waals surface area contributed by atoms with E-state index in [0.29, 0.717) is 11.7 Å². The highest BCUT2D eigenvalue weighted by atomic mass is 32.1. The molecule has 142 valence electrons. The van der Waals surface area contributed by atoms with Crippen LogP contribution in [0.25, 0.3) is 11.3 Å². The Bertz CT molecular complexity index is 844. The molecule has 7 nitrogen and oxygen atoms in total.